The minimum atomic E-state index is -0.737. The zero-order valence-electron chi connectivity index (χ0n) is 16.3. The van der Waals surface area contributed by atoms with E-state index in [0.717, 1.165) is 23.2 Å². The Kier molecular flexibility index (Phi) is 3.71. The molecule has 0 unspecified atom stereocenters. The summed E-state index contributed by atoms with van der Waals surface area (Å²) in [6.45, 7) is 1.90. The van der Waals surface area contributed by atoms with Crippen LogP contribution in [0.1, 0.15) is 16.8 Å². The number of hydrogen-bond donors (Lipinski definition) is 1. The fourth-order valence-electron chi connectivity index (χ4n) is 5.43. The maximum atomic E-state index is 13.5. The van der Waals surface area contributed by atoms with Gasteiger partial charge >= 0.3 is 0 Å². The van der Waals surface area contributed by atoms with Crippen LogP contribution in [-0.2, 0) is 33.8 Å². The Balaban J connectivity index is 1.25. The molecule has 1 aromatic carbocycles. The number of aromatic amines is 1. The van der Waals surface area contributed by atoms with E-state index in [9.17, 15) is 14.0 Å². The van der Waals surface area contributed by atoms with Crippen LogP contribution in [0.2, 0.25) is 0 Å². The first kappa shape index (κ1) is 17.8. The number of hydrogen-bond acceptors (Lipinski definition) is 4. The number of H-pyrrole nitrogens is 1. The van der Waals surface area contributed by atoms with Crippen molar-refractivity contribution in [3.8, 4) is 0 Å². The molecular formula is C22H21FN4O3. The van der Waals surface area contributed by atoms with Gasteiger partial charge in [-0.25, -0.2) is 4.39 Å². The number of nitrogens with one attached hydrogen (secondary N) is 1. The number of likely N-dealkylation sites (tertiary alicyclic amines) is 1. The zero-order valence-corrected chi connectivity index (χ0v) is 16.3. The lowest BCUT2D eigenvalue weighted by Gasteiger charge is -2.32. The molecule has 6 rings (SSSR count). The summed E-state index contributed by atoms with van der Waals surface area (Å²) in [6, 6.07) is 6.15. The fraction of sp³-hybridized carbons (Fsp3) is 0.409. The van der Waals surface area contributed by atoms with Gasteiger partial charge in [0.1, 0.15) is 11.4 Å². The van der Waals surface area contributed by atoms with E-state index in [0.29, 0.717) is 26.2 Å². The number of carbonyl (C=O) groups is 2. The highest BCUT2D eigenvalue weighted by Crippen LogP contribution is 2.52. The van der Waals surface area contributed by atoms with E-state index in [1.807, 2.05) is 17.1 Å². The van der Waals surface area contributed by atoms with Gasteiger partial charge in [0, 0.05) is 37.3 Å². The van der Waals surface area contributed by atoms with Gasteiger partial charge in [-0.05, 0) is 17.7 Å². The van der Waals surface area contributed by atoms with Crippen molar-refractivity contribution in [3.05, 3.63) is 65.3 Å². The molecule has 4 aliphatic heterocycles. The maximum Gasteiger partial charge on any atom is 0.230 e. The molecular weight excluding hydrogens is 387 g/mol. The first-order valence-electron chi connectivity index (χ1n) is 10.2. The molecule has 0 saturated carbocycles. The SMILES string of the molecule is O=C([C@H]1[C@@H]2C=C[C@@]3(CN(Cc4ccc(F)cc4)C(=O)[C@H]13)O2)N1CCc2[nH]ncc2C1. The monoisotopic (exact) mass is 408 g/mol. The van der Waals surface area contributed by atoms with Crippen LogP contribution in [0.5, 0.6) is 0 Å². The maximum absolute atomic E-state index is 13.5. The number of rotatable bonds is 3. The van der Waals surface area contributed by atoms with Crippen molar-refractivity contribution in [1.29, 1.82) is 0 Å². The van der Waals surface area contributed by atoms with Gasteiger partial charge in [-0.3, -0.25) is 14.7 Å². The van der Waals surface area contributed by atoms with Gasteiger partial charge in [0.25, 0.3) is 0 Å². The molecule has 4 atom stereocenters. The van der Waals surface area contributed by atoms with Gasteiger partial charge in [-0.15, -0.1) is 0 Å². The fourth-order valence-corrected chi connectivity index (χ4v) is 5.43. The lowest BCUT2D eigenvalue weighted by molar-refractivity contribution is -0.144. The molecule has 0 radical (unpaired) electrons. The van der Waals surface area contributed by atoms with E-state index < -0.39 is 17.4 Å². The second-order valence-corrected chi connectivity index (χ2v) is 8.60. The highest BCUT2D eigenvalue weighted by molar-refractivity contribution is 5.93. The van der Waals surface area contributed by atoms with E-state index >= 15 is 0 Å². The highest BCUT2D eigenvalue weighted by atomic mass is 19.1. The Morgan fingerprint density at radius 2 is 2.17 bits per heavy atom. The van der Waals surface area contributed by atoms with E-state index in [1.54, 1.807) is 23.2 Å². The quantitative estimate of drug-likeness (QED) is 0.780. The molecule has 2 bridgehead atoms. The molecule has 2 aromatic rings. The molecule has 30 heavy (non-hydrogen) atoms. The van der Waals surface area contributed by atoms with Crippen molar-refractivity contribution < 1.29 is 18.7 Å². The van der Waals surface area contributed by atoms with Crippen LogP contribution in [-0.4, -0.2) is 56.6 Å². The average molecular weight is 408 g/mol. The van der Waals surface area contributed by atoms with Crippen LogP contribution < -0.4 is 0 Å². The van der Waals surface area contributed by atoms with Crippen molar-refractivity contribution in [1.82, 2.24) is 20.0 Å². The van der Waals surface area contributed by atoms with Gasteiger partial charge in [-0.2, -0.15) is 5.10 Å². The summed E-state index contributed by atoms with van der Waals surface area (Å²) in [4.78, 5) is 30.4. The normalized spacial score (nSPS) is 31.4. The molecule has 1 spiro atoms. The number of amides is 2. The van der Waals surface area contributed by atoms with Crippen molar-refractivity contribution in [3.63, 3.8) is 0 Å². The van der Waals surface area contributed by atoms with Gasteiger partial charge in [0.15, 0.2) is 0 Å². The Morgan fingerprint density at radius 3 is 3.00 bits per heavy atom. The van der Waals surface area contributed by atoms with Crippen molar-refractivity contribution in [2.24, 2.45) is 11.8 Å². The van der Waals surface area contributed by atoms with Crippen LogP contribution in [0.15, 0.2) is 42.6 Å². The Bertz CT molecular complexity index is 1060. The first-order chi connectivity index (χ1) is 14.5. The van der Waals surface area contributed by atoms with Gasteiger partial charge < -0.3 is 14.5 Å². The van der Waals surface area contributed by atoms with E-state index in [1.165, 1.54) is 12.1 Å². The number of ether oxygens (including phenoxy) is 1. The smallest absolute Gasteiger partial charge is 0.230 e. The lowest BCUT2D eigenvalue weighted by Crippen LogP contribution is -2.47. The number of carbonyl (C=O) groups excluding carboxylic acids is 2. The minimum absolute atomic E-state index is 0.0277. The molecule has 154 valence electrons. The lowest BCUT2D eigenvalue weighted by atomic mass is 9.76. The summed E-state index contributed by atoms with van der Waals surface area (Å²) in [5.41, 5.74) is 2.21. The third-order valence-corrected chi connectivity index (χ3v) is 6.86. The van der Waals surface area contributed by atoms with Crippen molar-refractivity contribution in [2.45, 2.75) is 31.2 Å². The summed E-state index contributed by atoms with van der Waals surface area (Å²) in [7, 11) is 0. The van der Waals surface area contributed by atoms with Gasteiger partial charge in [0.05, 0.1) is 30.7 Å². The van der Waals surface area contributed by atoms with Crippen molar-refractivity contribution in [2.75, 3.05) is 13.1 Å². The molecule has 2 amide bonds. The molecule has 5 heterocycles. The number of fused-ring (bicyclic) bond motifs is 2. The molecule has 1 N–H and O–H groups in total. The molecule has 7 nitrogen and oxygen atoms in total. The largest absolute Gasteiger partial charge is 0.360 e. The van der Waals surface area contributed by atoms with Gasteiger partial charge in [0.2, 0.25) is 11.8 Å². The van der Waals surface area contributed by atoms with E-state index in [-0.39, 0.29) is 23.7 Å². The van der Waals surface area contributed by atoms with Crippen LogP contribution in [0, 0.1) is 17.7 Å². The molecule has 2 fully saturated rings. The second kappa shape index (κ2) is 6.25. The summed E-state index contributed by atoms with van der Waals surface area (Å²) in [5.74, 6) is -1.41. The Hall–Kier alpha value is -3.00. The van der Waals surface area contributed by atoms with Crippen LogP contribution in [0.25, 0.3) is 0 Å². The number of benzene rings is 1. The molecule has 4 aliphatic rings. The van der Waals surface area contributed by atoms with Crippen LogP contribution in [0.3, 0.4) is 0 Å². The first-order valence-corrected chi connectivity index (χ1v) is 10.2. The van der Waals surface area contributed by atoms with Crippen LogP contribution in [0.4, 0.5) is 4.39 Å². The standard InChI is InChI=1S/C22H21FN4O3/c23-15-3-1-13(2-4-15)10-27-12-22-7-5-17(30-22)18(19(22)21(27)29)20(28)26-8-6-16-14(11-26)9-24-25-16/h1-5,7,9,17-19H,6,8,10-12H2,(H,24,25)/t17-,18-,19-,22-/m0/s1. The average Bonchev–Trinajstić information content (AvgIpc) is 3.50. The van der Waals surface area contributed by atoms with Gasteiger partial charge in [-0.1, -0.05) is 24.3 Å². The third kappa shape index (κ3) is 2.49. The summed E-state index contributed by atoms with van der Waals surface area (Å²) in [5, 5.41) is 7.05. The van der Waals surface area contributed by atoms with E-state index in [2.05, 4.69) is 10.2 Å². The van der Waals surface area contributed by atoms with E-state index in [4.69, 9.17) is 4.74 Å². The number of halogens is 1. The third-order valence-electron chi connectivity index (χ3n) is 6.86. The number of aromatic nitrogens is 2. The highest BCUT2D eigenvalue weighted by Gasteiger charge is 2.67. The predicted octanol–water partition coefficient (Wildman–Crippen LogP) is 1.42. The summed E-state index contributed by atoms with van der Waals surface area (Å²) >= 11 is 0. The second-order valence-electron chi connectivity index (χ2n) is 8.60. The minimum Gasteiger partial charge on any atom is -0.360 e. The molecule has 2 saturated heterocycles. The Labute approximate surface area is 172 Å². The predicted molar refractivity (Wildman–Crippen MR) is 103 cm³/mol. The Morgan fingerprint density at radius 1 is 1.33 bits per heavy atom. The zero-order chi connectivity index (χ0) is 20.5. The van der Waals surface area contributed by atoms with Crippen LogP contribution >= 0.6 is 0 Å². The molecule has 8 heteroatoms. The summed E-state index contributed by atoms with van der Waals surface area (Å²) < 4.78 is 19.4. The summed E-state index contributed by atoms with van der Waals surface area (Å²) in [6.07, 6.45) is 6.03. The van der Waals surface area contributed by atoms with Crippen molar-refractivity contribution >= 4 is 11.8 Å². The topological polar surface area (TPSA) is 78.5 Å². The number of nitrogens with zero attached hydrogens (tertiary/aromatic N) is 3. The molecule has 1 aromatic heterocycles. The molecule has 0 aliphatic carbocycles.